The van der Waals surface area contributed by atoms with Gasteiger partial charge in [0.25, 0.3) is 5.56 Å². The highest BCUT2D eigenvalue weighted by Gasteiger charge is 2.32. The van der Waals surface area contributed by atoms with Gasteiger partial charge in [0, 0.05) is 10.6 Å². The van der Waals surface area contributed by atoms with Gasteiger partial charge in [0.05, 0.1) is 35.7 Å². The van der Waals surface area contributed by atoms with Crippen molar-refractivity contribution >= 4 is 34.3 Å². The van der Waals surface area contributed by atoms with E-state index in [9.17, 15) is 9.59 Å². The first-order chi connectivity index (χ1) is 16.1. The highest BCUT2D eigenvalue weighted by atomic mass is 32.2. The SMILES string of the molecule is CN(CC(=O)N1c2ccccc2SC[C@@H]1c1ccccc1)Cc1nc2ccccc2c(=O)[nH]1. The number of hydrogen-bond donors (Lipinski definition) is 1. The molecule has 0 radical (unpaired) electrons. The summed E-state index contributed by atoms with van der Waals surface area (Å²) in [6.45, 7) is 0.574. The molecule has 1 amide bonds. The number of rotatable bonds is 5. The lowest BCUT2D eigenvalue weighted by Crippen LogP contribution is -2.43. The zero-order valence-electron chi connectivity index (χ0n) is 18.3. The largest absolute Gasteiger partial charge is 0.309 e. The van der Waals surface area contributed by atoms with Crippen LogP contribution in [-0.4, -0.2) is 40.1 Å². The Bertz CT molecular complexity index is 1360. The molecule has 6 nitrogen and oxygen atoms in total. The van der Waals surface area contributed by atoms with Crippen molar-refractivity contribution in [3.05, 3.63) is 101 Å². The van der Waals surface area contributed by atoms with Crippen LogP contribution in [-0.2, 0) is 11.3 Å². The molecular weight excluding hydrogens is 432 g/mol. The molecule has 33 heavy (non-hydrogen) atoms. The van der Waals surface area contributed by atoms with Crippen LogP contribution in [0.1, 0.15) is 17.4 Å². The van der Waals surface area contributed by atoms with E-state index in [1.165, 1.54) is 0 Å². The Kier molecular flexibility index (Phi) is 5.98. The van der Waals surface area contributed by atoms with Crippen LogP contribution in [0.25, 0.3) is 10.9 Å². The number of amides is 1. The Morgan fingerprint density at radius 1 is 1.06 bits per heavy atom. The molecule has 0 unspecified atom stereocenters. The molecule has 1 N–H and O–H groups in total. The first-order valence-electron chi connectivity index (χ1n) is 10.9. The molecule has 0 fully saturated rings. The van der Waals surface area contributed by atoms with E-state index >= 15 is 0 Å². The minimum atomic E-state index is -0.165. The number of benzene rings is 3. The topological polar surface area (TPSA) is 69.3 Å². The smallest absolute Gasteiger partial charge is 0.258 e. The fourth-order valence-corrected chi connectivity index (χ4v) is 5.41. The fourth-order valence-electron chi connectivity index (χ4n) is 4.25. The standard InChI is InChI=1S/C26H24N4O2S/c1-29(15-24-27-20-12-6-5-11-19(20)26(32)28-24)16-25(31)30-21-13-7-8-14-23(21)33-17-22(30)18-9-3-2-4-10-18/h2-14,22H,15-17H2,1H3,(H,27,28,32)/t22-/m1/s1. The third-order valence-electron chi connectivity index (χ3n) is 5.77. The maximum atomic E-state index is 13.6. The number of para-hydroxylation sites is 2. The molecule has 0 aliphatic carbocycles. The molecule has 3 aromatic carbocycles. The molecule has 0 bridgehead atoms. The third kappa shape index (κ3) is 4.42. The number of carbonyl (C=O) groups excluding carboxylic acids is 1. The van der Waals surface area contributed by atoms with Gasteiger partial charge in [0.15, 0.2) is 0 Å². The predicted molar refractivity (Wildman–Crippen MR) is 133 cm³/mol. The Balaban J connectivity index is 1.39. The summed E-state index contributed by atoms with van der Waals surface area (Å²) in [5, 5.41) is 0.563. The van der Waals surface area contributed by atoms with E-state index in [-0.39, 0.29) is 24.1 Å². The van der Waals surface area contributed by atoms with Gasteiger partial charge in [0.1, 0.15) is 5.82 Å². The van der Waals surface area contributed by atoms with Crippen LogP contribution in [0.3, 0.4) is 0 Å². The second kappa shape index (κ2) is 9.21. The van der Waals surface area contributed by atoms with E-state index in [1.54, 1.807) is 17.8 Å². The molecule has 0 spiro atoms. The molecule has 1 aliphatic heterocycles. The highest BCUT2D eigenvalue weighted by molar-refractivity contribution is 7.99. The van der Waals surface area contributed by atoms with Crippen molar-refractivity contribution < 1.29 is 4.79 Å². The number of H-pyrrole nitrogens is 1. The number of aromatic nitrogens is 2. The van der Waals surface area contributed by atoms with E-state index < -0.39 is 0 Å². The normalized spacial score (nSPS) is 15.6. The lowest BCUT2D eigenvalue weighted by molar-refractivity contribution is -0.120. The second-order valence-electron chi connectivity index (χ2n) is 8.17. The molecule has 166 valence electrons. The summed E-state index contributed by atoms with van der Waals surface area (Å²) < 4.78 is 0. The predicted octanol–water partition coefficient (Wildman–Crippen LogP) is 4.24. The monoisotopic (exact) mass is 456 g/mol. The molecule has 1 atom stereocenters. The van der Waals surface area contributed by atoms with Gasteiger partial charge in [-0.15, -0.1) is 11.8 Å². The van der Waals surface area contributed by atoms with Crippen molar-refractivity contribution in [2.24, 2.45) is 0 Å². The summed E-state index contributed by atoms with van der Waals surface area (Å²) >= 11 is 1.78. The summed E-state index contributed by atoms with van der Waals surface area (Å²) in [4.78, 5) is 38.3. The van der Waals surface area contributed by atoms with E-state index in [0.717, 1.165) is 21.9 Å². The van der Waals surface area contributed by atoms with Crippen molar-refractivity contribution in [3.8, 4) is 0 Å². The number of nitrogens with one attached hydrogen (secondary N) is 1. The Morgan fingerprint density at radius 3 is 2.64 bits per heavy atom. The number of aromatic amines is 1. The van der Waals surface area contributed by atoms with Crippen molar-refractivity contribution in [2.75, 3.05) is 24.2 Å². The summed E-state index contributed by atoms with van der Waals surface area (Å²) in [5.41, 5.74) is 2.55. The molecule has 7 heteroatoms. The third-order valence-corrected chi connectivity index (χ3v) is 6.91. The van der Waals surface area contributed by atoms with Crippen LogP contribution in [0, 0.1) is 0 Å². The lowest BCUT2D eigenvalue weighted by atomic mass is 10.1. The first-order valence-corrected chi connectivity index (χ1v) is 11.8. The first kappa shape index (κ1) is 21.4. The molecule has 1 aromatic heterocycles. The highest BCUT2D eigenvalue weighted by Crippen LogP contribution is 2.43. The molecule has 4 aromatic rings. The second-order valence-corrected chi connectivity index (χ2v) is 9.23. The maximum Gasteiger partial charge on any atom is 0.258 e. The number of carbonyl (C=O) groups is 1. The number of hydrogen-bond acceptors (Lipinski definition) is 5. The van der Waals surface area contributed by atoms with Gasteiger partial charge in [-0.25, -0.2) is 4.98 Å². The molecular formula is C26H24N4O2S. The van der Waals surface area contributed by atoms with Gasteiger partial charge >= 0.3 is 0 Å². The van der Waals surface area contributed by atoms with Gasteiger partial charge in [-0.2, -0.15) is 0 Å². The quantitative estimate of drug-likeness (QED) is 0.487. The maximum absolute atomic E-state index is 13.6. The summed E-state index contributed by atoms with van der Waals surface area (Å²) in [6, 6.07) is 25.4. The van der Waals surface area contributed by atoms with Crippen molar-refractivity contribution in [1.29, 1.82) is 0 Å². The molecule has 1 aliphatic rings. The van der Waals surface area contributed by atoms with E-state index in [0.29, 0.717) is 23.3 Å². The average Bonchev–Trinajstić information content (AvgIpc) is 2.83. The zero-order chi connectivity index (χ0) is 22.8. The fraction of sp³-hybridized carbons (Fsp3) is 0.192. The van der Waals surface area contributed by atoms with Crippen LogP contribution in [0.4, 0.5) is 5.69 Å². The Hall–Kier alpha value is -3.42. The van der Waals surface area contributed by atoms with Crippen LogP contribution in [0.5, 0.6) is 0 Å². The number of nitrogens with zero attached hydrogens (tertiary/aromatic N) is 3. The van der Waals surface area contributed by atoms with Gasteiger partial charge in [-0.1, -0.05) is 54.6 Å². The van der Waals surface area contributed by atoms with Gasteiger partial charge in [0.2, 0.25) is 5.91 Å². The Morgan fingerprint density at radius 2 is 1.79 bits per heavy atom. The summed E-state index contributed by atoms with van der Waals surface area (Å²) in [5.74, 6) is 1.36. The molecule has 0 saturated heterocycles. The number of anilines is 1. The van der Waals surface area contributed by atoms with Gasteiger partial charge in [-0.3, -0.25) is 14.5 Å². The molecule has 5 rings (SSSR count). The van der Waals surface area contributed by atoms with Gasteiger partial charge < -0.3 is 9.88 Å². The van der Waals surface area contributed by atoms with E-state index in [4.69, 9.17) is 0 Å². The van der Waals surface area contributed by atoms with Crippen molar-refractivity contribution in [3.63, 3.8) is 0 Å². The summed E-state index contributed by atoms with van der Waals surface area (Å²) in [7, 11) is 1.87. The van der Waals surface area contributed by atoms with Crippen LogP contribution >= 0.6 is 11.8 Å². The van der Waals surface area contributed by atoms with Crippen LogP contribution in [0.15, 0.2) is 88.6 Å². The Labute approximate surface area is 196 Å². The molecule has 0 saturated carbocycles. The minimum absolute atomic E-state index is 0.0160. The lowest BCUT2D eigenvalue weighted by Gasteiger charge is -2.38. The number of thioether (sulfide) groups is 1. The number of fused-ring (bicyclic) bond motifs is 2. The van der Waals surface area contributed by atoms with Crippen LogP contribution in [0.2, 0.25) is 0 Å². The van der Waals surface area contributed by atoms with Gasteiger partial charge in [-0.05, 0) is 36.9 Å². The molecule has 2 heterocycles. The van der Waals surface area contributed by atoms with E-state index in [1.807, 2.05) is 71.4 Å². The van der Waals surface area contributed by atoms with E-state index in [2.05, 4.69) is 28.2 Å². The van der Waals surface area contributed by atoms with Crippen LogP contribution < -0.4 is 10.5 Å². The van der Waals surface area contributed by atoms with Crippen molar-refractivity contribution in [2.45, 2.75) is 17.5 Å². The van der Waals surface area contributed by atoms with Crippen molar-refractivity contribution in [1.82, 2.24) is 14.9 Å². The zero-order valence-corrected chi connectivity index (χ0v) is 19.1. The average molecular weight is 457 g/mol. The number of likely N-dealkylation sites (N-methyl/N-ethyl adjacent to an activating group) is 1. The minimum Gasteiger partial charge on any atom is -0.309 e. The summed E-state index contributed by atoms with van der Waals surface area (Å²) in [6.07, 6.45) is 0.